The average Bonchev–Trinajstić information content (AvgIpc) is 2.67. The molecule has 0 unspecified atom stereocenters. The molecule has 8 heteroatoms. The van der Waals surface area contributed by atoms with Crippen molar-refractivity contribution in [3.05, 3.63) is 65.2 Å². The van der Waals surface area contributed by atoms with Gasteiger partial charge in [0.25, 0.3) is 0 Å². The summed E-state index contributed by atoms with van der Waals surface area (Å²) in [6, 6.07) is 14.8. The lowest BCUT2D eigenvalue weighted by Crippen LogP contribution is -2.36. The molecule has 2 aromatic rings. The van der Waals surface area contributed by atoms with Crippen molar-refractivity contribution in [1.29, 1.82) is 0 Å². The number of halogens is 3. The summed E-state index contributed by atoms with van der Waals surface area (Å²) in [5, 5.41) is 6.33. The zero-order valence-electron chi connectivity index (χ0n) is 16.8. The molecule has 0 aliphatic heterocycles. The smallest absolute Gasteiger partial charge is 0.387 e. The van der Waals surface area contributed by atoms with E-state index in [2.05, 4.69) is 26.4 Å². The first kappa shape index (κ1) is 25.1. The highest BCUT2D eigenvalue weighted by molar-refractivity contribution is 14.0. The molecule has 0 atom stereocenters. The molecule has 0 spiro atoms. The Kier molecular flexibility index (Phi) is 11.5. The second kappa shape index (κ2) is 13.3. The maximum atomic E-state index is 12.5. The molecule has 2 aromatic carbocycles. The highest BCUT2D eigenvalue weighted by atomic mass is 127. The maximum absolute atomic E-state index is 12.5. The Hall–Kier alpha value is -1.94. The molecule has 0 heterocycles. The molecule has 5 nitrogen and oxygen atoms in total. The third-order valence-corrected chi connectivity index (χ3v) is 3.89. The van der Waals surface area contributed by atoms with Crippen LogP contribution >= 0.6 is 24.0 Å². The van der Waals surface area contributed by atoms with Crippen molar-refractivity contribution in [2.45, 2.75) is 46.3 Å². The van der Waals surface area contributed by atoms with E-state index < -0.39 is 6.61 Å². The standard InChI is InChI=1S/C21H27F2N3O2.HI/c1-15(2)27-14-17-8-6-7-16(11-17)12-25-21(24-3)26-13-18-9-4-5-10-19(18)28-20(22)23;/h4-11,15,20H,12-14H2,1-3H3,(H2,24,25,26);1H. The number of nitrogens with one attached hydrogen (secondary N) is 2. The van der Waals surface area contributed by atoms with Gasteiger partial charge in [0.05, 0.1) is 12.7 Å². The van der Waals surface area contributed by atoms with E-state index in [1.54, 1.807) is 25.2 Å². The summed E-state index contributed by atoms with van der Waals surface area (Å²) in [6.07, 6.45) is 0.182. The number of guanidine groups is 1. The van der Waals surface area contributed by atoms with Gasteiger partial charge in [-0.3, -0.25) is 4.99 Å². The van der Waals surface area contributed by atoms with E-state index in [1.165, 1.54) is 6.07 Å². The van der Waals surface area contributed by atoms with E-state index in [-0.39, 0.29) is 35.8 Å². The lowest BCUT2D eigenvalue weighted by molar-refractivity contribution is -0.0504. The predicted molar refractivity (Wildman–Crippen MR) is 122 cm³/mol. The zero-order valence-corrected chi connectivity index (χ0v) is 19.2. The predicted octanol–water partition coefficient (Wildman–Crippen LogP) is 4.70. The van der Waals surface area contributed by atoms with E-state index in [0.29, 0.717) is 31.2 Å². The van der Waals surface area contributed by atoms with Crippen LogP contribution in [-0.4, -0.2) is 25.7 Å². The Balaban J connectivity index is 0.00000420. The normalized spacial score (nSPS) is 11.3. The van der Waals surface area contributed by atoms with Gasteiger partial charge in [0, 0.05) is 25.7 Å². The van der Waals surface area contributed by atoms with Gasteiger partial charge in [-0.1, -0.05) is 42.5 Å². The Morgan fingerprint density at radius 2 is 1.69 bits per heavy atom. The Morgan fingerprint density at radius 1 is 1.00 bits per heavy atom. The lowest BCUT2D eigenvalue weighted by atomic mass is 10.1. The van der Waals surface area contributed by atoms with Crippen LogP contribution in [-0.2, 0) is 24.4 Å². The number of rotatable bonds is 9. The highest BCUT2D eigenvalue weighted by Crippen LogP contribution is 2.19. The fraction of sp³-hybridized carbons (Fsp3) is 0.381. The van der Waals surface area contributed by atoms with Crippen LogP contribution in [0.1, 0.15) is 30.5 Å². The third-order valence-electron chi connectivity index (χ3n) is 3.89. The first-order valence-electron chi connectivity index (χ1n) is 9.14. The zero-order chi connectivity index (χ0) is 20.4. The molecule has 0 saturated heterocycles. The van der Waals surface area contributed by atoms with Crippen LogP contribution < -0.4 is 15.4 Å². The summed E-state index contributed by atoms with van der Waals surface area (Å²) in [5.41, 5.74) is 2.82. The lowest BCUT2D eigenvalue weighted by Gasteiger charge is -2.15. The summed E-state index contributed by atoms with van der Waals surface area (Å²) >= 11 is 0. The van der Waals surface area contributed by atoms with Crippen molar-refractivity contribution >= 4 is 29.9 Å². The van der Waals surface area contributed by atoms with Crippen molar-refractivity contribution in [1.82, 2.24) is 10.6 Å². The molecule has 0 amide bonds. The van der Waals surface area contributed by atoms with Gasteiger partial charge in [-0.25, -0.2) is 0 Å². The molecule has 0 saturated carbocycles. The number of ether oxygens (including phenoxy) is 2. The van der Waals surface area contributed by atoms with Gasteiger partial charge in [0.1, 0.15) is 5.75 Å². The molecular formula is C21H28F2IN3O2. The first-order valence-corrected chi connectivity index (χ1v) is 9.14. The molecule has 0 aliphatic carbocycles. The molecule has 0 radical (unpaired) electrons. The Morgan fingerprint density at radius 3 is 2.38 bits per heavy atom. The maximum Gasteiger partial charge on any atom is 0.387 e. The quantitative estimate of drug-likeness (QED) is 0.287. The largest absolute Gasteiger partial charge is 0.434 e. The van der Waals surface area contributed by atoms with Gasteiger partial charge >= 0.3 is 6.61 Å². The van der Waals surface area contributed by atoms with E-state index in [9.17, 15) is 8.78 Å². The number of benzene rings is 2. The second-order valence-electron chi connectivity index (χ2n) is 6.45. The van der Waals surface area contributed by atoms with Crippen LogP contribution in [0.3, 0.4) is 0 Å². The van der Waals surface area contributed by atoms with Crippen LogP contribution in [0.4, 0.5) is 8.78 Å². The number of aliphatic imine (C=N–C) groups is 1. The van der Waals surface area contributed by atoms with Crippen LogP contribution in [0, 0.1) is 0 Å². The third kappa shape index (κ3) is 9.40. The average molecular weight is 519 g/mol. The summed E-state index contributed by atoms with van der Waals surface area (Å²) in [4.78, 5) is 4.17. The fourth-order valence-corrected chi connectivity index (χ4v) is 2.54. The van der Waals surface area contributed by atoms with Gasteiger partial charge in [0.2, 0.25) is 0 Å². The number of para-hydroxylation sites is 1. The number of hydrogen-bond acceptors (Lipinski definition) is 3. The van der Waals surface area contributed by atoms with Gasteiger partial charge in [0.15, 0.2) is 5.96 Å². The monoisotopic (exact) mass is 519 g/mol. The number of hydrogen-bond donors (Lipinski definition) is 2. The molecule has 160 valence electrons. The minimum atomic E-state index is -2.86. The van der Waals surface area contributed by atoms with Crippen LogP contribution in [0.5, 0.6) is 5.75 Å². The molecule has 2 N–H and O–H groups in total. The molecular weight excluding hydrogens is 491 g/mol. The second-order valence-corrected chi connectivity index (χ2v) is 6.45. The molecule has 0 bridgehead atoms. The van der Waals surface area contributed by atoms with Crippen molar-refractivity contribution in [3.8, 4) is 5.75 Å². The van der Waals surface area contributed by atoms with Gasteiger partial charge in [-0.15, -0.1) is 24.0 Å². The Labute approximate surface area is 187 Å². The van der Waals surface area contributed by atoms with Crippen molar-refractivity contribution < 1.29 is 18.3 Å². The van der Waals surface area contributed by atoms with Gasteiger partial charge < -0.3 is 20.1 Å². The van der Waals surface area contributed by atoms with E-state index in [1.807, 2.05) is 32.0 Å². The van der Waals surface area contributed by atoms with E-state index in [4.69, 9.17) is 4.74 Å². The first-order chi connectivity index (χ1) is 13.5. The molecule has 0 aliphatic rings. The minimum absolute atomic E-state index is 0. The van der Waals surface area contributed by atoms with Crippen LogP contribution in [0.25, 0.3) is 0 Å². The SMILES string of the molecule is CN=C(NCc1cccc(COC(C)C)c1)NCc1ccccc1OC(F)F.I. The molecule has 29 heavy (non-hydrogen) atoms. The fourth-order valence-electron chi connectivity index (χ4n) is 2.54. The van der Waals surface area contributed by atoms with Gasteiger partial charge in [-0.2, -0.15) is 8.78 Å². The van der Waals surface area contributed by atoms with E-state index in [0.717, 1.165) is 11.1 Å². The Bertz CT molecular complexity index is 773. The molecule has 0 fully saturated rings. The van der Waals surface area contributed by atoms with E-state index >= 15 is 0 Å². The highest BCUT2D eigenvalue weighted by Gasteiger charge is 2.09. The summed E-state index contributed by atoms with van der Waals surface area (Å²) in [5.74, 6) is 0.717. The van der Waals surface area contributed by atoms with Crippen LogP contribution in [0.15, 0.2) is 53.5 Å². The number of alkyl halides is 2. The van der Waals surface area contributed by atoms with Crippen molar-refractivity contribution in [2.24, 2.45) is 4.99 Å². The van der Waals surface area contributed by atoms with Crippen molar-refractivity contribution in [3.63, 3.8) is 0 Å². The summed E-state index contributed by atoms with van der Waals surface area (Å²) in [7, 11) is 1.66. The topological polar surface area (TPSA) is 54.9 Å². The minimum Gasteiger partial charge on any atom is -0.434 e. The molecule has 2 rings (SSSR count). The van der Waals surface area contributed by atoms with Crippen molar-refractivity contribution in [2.75, 3.05) is 7.05 Å². The van der Waals surface area contributed by atoms with Gasteiger partial charge in [-0.05, 0) is 31.0 Å². The van der Waals surface area contributed by atoms with Crippen LogP contribution in [0.2, 0.25) is 0 Å². The summed E-state index contributed by atoms with van der Waals surface area (Å²) in [6.45, 7) is 2.61. The molecule has 0 aromatic heterocycles. The summed E-state index contributed by atoms with van der Waals surface area (Å²) < 4.78 is 35.2. The number of nitrogens with zero attached hydrogens (tertiary/aromatic N) is 1.